The van der Waals surface area contributed by atoms with E-state index in [-0.39, 0.29) is 0 Å². The number of benzene rings is 2. The van der Waals surface area contributed by atoms with Crippen LogP contribution in [0.3, 0.4) is 0 Å². The standard InChI is InChI=1S/C21H18Cl2N2O2/c22-17-5-6-18-16(13-25-7-9-27-10-8-25)11-19(24-20(18)12-17)14-1-3-15(4-2-14)21(23)26/h1-6,11-12H,7-10,13H2. The Morgan fingerprint density at radius 2 is 1.81 bits per heavy atom. The van der Waals surface area contributed by atoms with Gasteiger partial charge in [0, 0.05) is 41.2 Å². The molecule has 2 heterocycles. The third kappa shape index (κ3) is 4.14. The Labute approximate surface area is 167 Å². The van der Waals surface area contributed by atoms with Crippen molar-refractivity contribution in [2.75, 3.05) is 26.3 Å². The molecule has 1 saturated heterocycles. The molecule has 0 atom stereocenters. The van der Waals surface area contributed by atoms with Crippen LogP contribution in [0, 0.1) is 0 Å². The predicted octanol–water partition coefficient (Wildman–Crippen LogP) is 4.77. The van der Waals surface area contributed by atoms with Gasteiger partial charge in [0.15, 0.2) is 0 Å². The fraction of sp³-hybridized carbons (Fsp3) is 0.238. The smallest absolute Gasteiger partial charge is 0.252 e. The van der Waals surface area contributed by atoms with Crippen molar-refractivity contribution < 1.29 is 9.53 Å². The van der Waals surface area contributed by atoms with Gasteiger partial charge in [0.05, 0.1) is 24.4 Å². The van der Waals surface area contributed by atoms with Gasteiger partial charge in [-0.1, -0.05) is 29.8 Å². The lowest BCUT2D eigenvalue weighted by atomic mass is 10.0. The van der Waals surface area contributed by atoms with Gasteiger partial charge < -0.3 is 4.74 Å². The first-order valence-electron chi connectivity index (χ1n) is 8.80. The van der Waals surface area contributed by atoms with Crippen LogP contribution in [0.25, 0.3) is 22.2 Å². The van der Waals surface area contributed by atoms with Crippen molar-refractivity contribution >= 4 is 39.3 Å². The van der Waals surface area contributed by atoms with Gasteiger partial charge >= 0.3 is 0 Å². The Bertz CT molecular complexity index is 983. The quantitative estimate of drug-likeness (QED) is 0.591. The van der Waals surface area contributed by atoms with Crippen LogP contribution < -0.4 is 0 Å². The molecule has 3 aromatic rings. The highest BCUT2D eigenvalue weighted by Gasteiger charge is 2.15. The van der Waals surface area contributed by atoms with Crippen molar-refractivity contribution in [3.05, 3.63) is 64.7 Å². The molecule has 0 N–H and O–H groups in total. The molecule has 0 unspecified atom stereocenters. The molecule has 6 heteroatoms. The highest BCUT2D eigenvalue weighted by Crippen LogP contribution is 2.28. The van der Waals surface area contributed by atoms with Crippen LogP contribution in [0.5, 0.6) is 0 Å². The molecule has 0 saturated carbocycles. The number of ether oxygens (including phenoxy) is 1. The minimum atomic E-state index is -0.465. The van der Waals surface area contributed by atoms with Crippen molar-refractivity contribution in [3.8, 4) is 11.3 Å². The number of hydrogen-bond donors (Lipinski definition) is 0. The second kappa shape index (κ2) is 7.95. The number of carbonyl (C=O) groups excluding carboxylic acids is 1. The summed E-state index contributed by atoms with van der Waals surface area (Å²) in [6.07, 6.45) is 0. The second-order valence-electron chi connectivity index (χ2n) is 6.57. The second-order valence-corrected chi connectivity index (χ2v) is 7.35. The molecular weight excluding hydrogens is 383 g/mol. The fourth-order valence-corrected chi connectivity index (χ4v) is 3.62. The summed E-state index contributed by atoms with van der Waals surface area (Å²) in [6, 6.07) is 15.1. The van der Waals surface area contributed by atoms with Gasteiger partial charge in [-0.25, -0.2) is 4.98 Å². The van der Waals surface area contributed by atoms with E-state index < -0.39 is 5.24 Å². The van der Waals surface area contributed by atoms with Gasteiger partial charge in [0.2, 0.25) is 0 Å². The van der Waals surface area contributed by atoms with Crippen LogP contribution in [0.4, 0.5) is 0 Å². The van der Waals surface area contributed by atoms with Crippen LogP contribution in [0.15, 0.2) is 48.5 Å². The van der Waals surface area contributed by atoms with Gasteiger partial charge in [0.1, 0.15) is 0 Å². The molecule has 138 valence electrons. The average Bonchev–Trinajstić information content (AvgIpc) is 2.68. The minimum Gasteiger partial charge on any atom is -0.379 e. The molecule has 1 aliphatic heterocycles. The molecule has 0 radical (unpaired) electrons. The number of halogens is 2. The Balaban J connectivity index is 1.77. The van der Waals surface area contributed by atoms with Crippen molar-refractivity contribution in [2.24, 2.45) is 0 Å². The molecule has 0 amide bonds. The third-order valence-electron chi connectivity index (χ3n) is 4.76. The SMILES string of the molecule is O=C(Cl)c1ccc(-c2cc(CN3CCOCC3)c3ccc(Cl)cc3n2)cc1. The van der Waals surface area contributed by atoms with Gasteiger partial charge in [-0.2, -0.15) is 0 Å². The van der Waals surface area contributed by atoms with E-state index in [0.29, 0.717) is 10.6 Å². The molecule has 2 aromatic carbocycles. The number of nitrogens with zero attached hydrogens (tertiary/aromatic N) is 2. The number of fused-ring (bicyclic) bond motifs is 1. The summed E-state index contributed by atoms with van der Waals surface area (Å²) in [7, 11) is 0. The largest absolute Gasteiger partial charge is 0.379 e. The van der Waals surface area contributed by atoms with E-state index in [4.69, 9.17) is 32.9 Å². The highest BCUT2D eigenvalue weighted by molar-refractivity contribution is 6.67. The van der Waals surface area contributed by atoms with Crippen LogP contribution in [0.2, 0.25) is 5.02 Å². The topological polar surface area (TPSA) is 42.4 Å². The summed E-state index contributed by atoms with van der Waals surface area (Å²) < 4.78 is 5.45. The van der Waals surface area contributed by atoms with Crippen LogP contribution in [-0.2, 0) is 11.3 Å². The van der Waals surface area contributed by atoms with Crippen molar-refractivity contribution in [2.45, 2.75) is 6.54 Å². The number of aromatic nitrogens is 1. The van der Waals surface area contributed by atoms with Gasteiger partial charge in [0.25, 0.3) is 5.24 Å². The highest BCUT2D eigenvalue weighted by atomic mass is 35.5. The first kappa shape index (κ1) is 18.4. The average molecular weight is 401 g/mol. The van der Waals surface area contributed by atoms with Crippen molar-refractivity contribution in [1.82, 2.24) is 9.88 Å². The van der Waals surface area contributed by atoms with Gasteiger partial charge in [-0.3, -0.25) is 9.69 Å². The summed E-state index contributed by atoms with van der Waals surface area (Å²) in [5.74, 6) is 0. The Morgan fingerprint density at radius 1 is 1.07 bits per heavy atom. The van der Waals surface area contributed by atoms with Gasteiger partial charge in [-0.05, 0) is 47.5 Å². The Kier molecular flexibility index (Phi) is 5.41. The lowest BCUT2D eigenvalue weighted by Crippen LogP contribution is -2.35. The van der Waals surface area contributed by atoms with Crippen LogP contribution in [0.1, 0.15) is 15.9 Å². The maximum atomic E-state index is 11.3. The van der Waals surface area contributed by atoms with E-state index in [1.165, 1.54) is 5.56 Å². The molecule has 0 bridgehead atoms. The molecule has 4 rings (SSSR count). The monoisotopic (exact) mass is 400 g/mol. The molecule has 1 aliphatic rings. The Morgan fingerprint density at radius 3 is 2.52 bits per heavy atom. The van der Waals surface area contributed by atoms with Crippen molar-refractivity contribution in [3.63, 3.8) is 0 Å². The first-order valence-corrected chi connectivity index (χ1v) is 9.55. The van der Waals surface area contributed by atoms with E-state index in [9.17, 15) is 4.79 Å². The van der Waals surface area contributed by atoms with E-state index in [0.717, 1.165) is 55.0 Å². The van der Waals surface area contributed by atoms with Crippen LogP contribution in [-0.4, -0.2) is 41.4 Å². The van der Waals surface area contributed by atoms with E-state index >= 15 is 0 Å². The summed E-state index contributed by atoms with van der Waals surface area (Å²) in [6.45, 7) is 4.18. The van der Waals surface area contributed by atoms with Gasteiger partial charge in [-0.15, -0.1) is 0 Å². The Hall–Kier alpha value is -1.98. The molecule has 1 fully saturated rings. The summed E-state index contributed by atoms with van der Waals surface area (Å²) in [5.41, 5.74) is 4.31. The molecule has 0 aliphatic carbocycles. The number of morpholine rings is 1. The summed E-state index contributed by atoms with van der Waals surface area (Å²) >= 11 is 11.7. The minimum absolute atomic E-state index is 0.465. The number of hydrogen-bond acceptors (Lipinski definition) is 4. The molecule has 27 heavy (non-hydrogen) atoms. The first-order chi connectivity index (χ1) is 13.1. The zero-order valence-electron chi connectivity index (χ0n) is 14.6. The predicted molar refractivity (Wildman–Crippen MR) is 108 cm³/mol. The maximum Gasteiger partial charge on any atom is 0.252 e. The number of pyridine rings is 1. The lowest BCUT2D eigenvalue weighted by Gasteiger charge is -2.27. The van der Waals surface area contributed by atoms with Crippen molar-refractivity contribution in [1.29, 1.82) is 0 Å². The summed E-state index contributed by atoms with van der Waals surface area (Å²) in [4.78, 5) is 18.5. The normalized spacial score (nSPS) is 15.2. The van der Waals surface area contributed by atoms with Crippen LogP contribution >= 0.6 is 23.2 Å². The van der Waals surface area contributed by atoms with E-state index in [1.54, 1.807) is 12.1 Å². The number of carbonyl (C=O) groups is 1. The fourth-order valence-electron chi connectivity index (χ4n) is 3.32. The molecule has 4 nitrogen and oxygen atoms in total. The zero-order chi connectivity index (χ0) is 18.8. The number of rotatable bonds is 4. The lowest BCUT2D eigenvalue weighted by molar-refractivity contribution is 0.0344. The molecule has 1 aromatic heterocycles. The summed E-state index contributed by atoms with van der Waals surface area (Å²) in [5, 5.41) is 1.29. The zero-order valence-corrected chi connectivity index (χ0v) is 16.1. The maximum absolute atomic E-state index is 11.3. The molecular formula is C21H18Cl2N2O2. The molecule has 0 spiro atoms. The van der Waals surface area contributed by atoms with E-state index in [1.807, 2.05) is 30.3 Å². The van der Waals surface area contributed by atoms with E-state index in [2.05, 4.69) is 11.0 Å². The third-order valence-corrected chi connectivity index (χ3v) is 5.22.